The van der Waals surface area contributed by atoms with Gasteiger partial charge in [0.15, 0.2) is 5.96 Å². The Morgan fingerprint density at radius 1 is 1.24 bits per heavy atom. The summed E-state index contributed by atoms with van der Waals surface area (Å²) >= 11 is 0. The SMILES string of the molecule is CCNC(=NCCN1C(=O)CCCC1=O)N1CCOC(c2ccc(C)cc2C)C1. The summed E-state index contributed by atoms with van der Waals surface area (Å²) in [5.74, 6) is 0.646. The number of morpholine rings is 1. The zero-order chi connectivity index (χ0) is 20.8. The smallest absolute Gasteiger partial charge is 0.229 e. The van der Waals surface area contributed by atoms with E-state index in [1.54, 1.807) is 0 Å². The van der Waals surface area contributed by atoms with Crippen molar-refractivity contribution in [1.82, 2.24) is 15.1 Å². The number of amides is 2. The van der Waals surface area contributed by atoms with Gasteiger partial charge in [-0.3, -0.25) is 19.5 Å². The lowest BCUT2D eigenvalue weighted by atomic mass is 10.00. The first-order chi connectivity index (χ1) is 14.0. The van der Waals surface area contributed by atoms with Crippen molar-refractivity contribution in [2.24, 2.45) is 4.99 Å². The monoisotopic (exact) mass is 400 g/mol. The molecule has 2 fully saturated rings. The summed E-state index contributed by atoms with van der Waals surface area (Å²) in [6, 6.07) is 6.45. The minimum Gasteiger partial charge on any atom is -0.370 e. The first-order valence-corrected chi connectivity index (χ1v) is 10.5. The molecule has 29 heavy (non-hydrogen) atoms. The Kier molecular flexibility index (Phi) is 7.25. The van der Waals surface area contributed by atoms with Crippen molar-refractivity contribution in [2.75, 3.05) is 39.3 Å². The van der Waals surface area contributed by atoms with Crippen LogP contribution in [-0.2, 0) is 14.3 Å². The number of nitrogens with one attached hydrogen (secondary N) is 1. The number of imide groups is 1. The van der Waals surface area contributed by atoms with Crippen molar-refractivity contribution < 1.29 is 14.3 Å². The summed E-state index contributed by atoms with van der Waals surface area (Å²) in [4.78, 5) is 32.2. The van der Waals surface area contributed by atoms with Gasteiger partial charge >= 0.3 is 0 Å². The van der Waals surface area contributed by atoms with E-state index in [1.807, 2.05) is 6.92 Å². The molecule has 0 saturated carbocycles. The zero-order valence-corrected chi connectivity index (χ0v) is 17.7. The molecule has 1 atom stereocenters. The van der Waals surface area contributed by atoms with E-state index in [4.69, 9.17) is 9.73 Å². The van der Waals surface area contributed by atoms with Crippen molar-refractivity contribution in [3.05, 3.63) is 34.9 Å². The topological polar surface area (TPSA) is 74.2 Å². The van der Waals surface area contributed by atoms with E-state index in [2.05, 4.69) is 42.3 Å². The molecule has 158 valence electrons. The highest BCUT2D eigenvalue weighted by atomic mass is 16.5. The first kappa shape index (κ1) is 21.3. The number of benzene rings is 1. The normalized spacial score (nSPS) is 20.9. The molecule has 3 rings (SSSR count). The Hall–Kier alpha value is -2.41. The molecule has 1 N–H and O–H groups in total. The van der Waals surface area contributed by atoms with E-state index in [-0.39, 0.29) is 17.9 Å². The maximum Gasteiger partial charge on any atom is 0.229 e. The minimum atomic E-state index is -0.0808. The molecule has 0 spiro atoms. The molecule has 2 aliphatic heterocycles. The quantitative estimate of drug-likeness (QED) is 0.466. The van der Waals surface area contributed by atoms with Crippen LogP contribution in [0, 0.1) is 13.8 Å². The summed E-state index contributed by atoms with van der Waals surface area (Å²) < 4.78 is 6.05. The Morgan fingerprint density at radius 3 is 2.69 bits per heavy atom. The van der Waals surface area contributed by atoms with Crippen LogP contribution in [0.1, 0.15) is 49.0 Å². The van der Waals surface area contributed by atoms with Crippen molar-refractivity contribution >= 4 is 17.8 Å². The summed E-state index contributed by atoms with van der Waals surface area (Å²) in [7, 11) is 0. The van der Waals surface area contributed by atoms with Crippen LogP contribution < -0.4 is 5.32 Å². The van der Waals surface area contributed by atoms with E-state index in [0.29, 0.717) is 39.0 Å². The maximum absolute atomic E-state index is 12.0. The fraction of sp³-hybridized carbons (Fsp3) is 0.591. The largest absolute Gasteiger partial charge is 0.370 e. The van der Waals surface area contributed by atoms with Crippen LogP contribution in [0.15, 0.2) is 23.2 Å². The number of likely N-dealkylation sites (tertiary alicyclic amines) is 1. The summed E-state index contributed by atoms with van der Waals surface area (Å²) in [5.41, 5.74) is 3.69. The van der Waals surface area contributed by atoms with Gasteiger partial charge in [-0.2, -0.15) is 0 Å². The highest BCUT2D eigenvalue weighted by molar-refractivity contribution is 5.97. The first-order valence-electron chi connectivity index (χ1n) is 10.5. The van der Waals surface area contributed by atoms with Gasteiger partial charge in [0, 0.05) is 32.5 Å². The molecule has 0 bridgehead atoms. The van der Waals surface area contributed by atoms with Gasteiger partial charge in [-0.25, -0.2) is 0 Å². The number of ether oxygens (including phenoxy) is 1. The van der Waals surface area contributed by atoms with Gasteiger partial charge in [0.25, 0.3) is 0 Å². The Morgan fingerprint density at radius 2 is 2.00 bits per heavy atom. The standard InChI is InChI=1S/C22H32N4O3/c1-4-23-22(24-10-11-26-20(27)6-5-7-21(26)28)25-12-13-29-19(15-25)18-9-8-16(2)14-17(18)3/h8-9,14,19H,4-7,10-13,15H2,1-3H3,(H,23,24). The molecule has 1 aromatic rings. The van der Waals surface area contributed by atoms with Crippen LogP contribution in [0.5, 0.6) is 0 Å². The molecular formula is C22H32N4O3. The fourth-order valence-electron chi connectivity index (χ4n) is 3.95. The van der Waals surface area contributed by atoms with Gasteiger partial charge in [0.1, 0.15) is 6.10 Å². The Labute approximate surface area is 173 Å². The molecule has 0 aromatic heterocycles. The predicted octanol–water partition coefficient (Wildman–Crippen LogP) is 2.18. The molecule has 2 aliphatic rings. The van der Waals surface area contributed by atoms with E-state index >= 15 is 0 Å². The van der Waals surface area contributed by atoms with E-state index in [0.717, 1.165) is 25.6 Å². The van der Waals surface area contributed by atoms with Gasteiger partial charge in [-0.1, -0.05) is 23.8 Å². The lowest BCUT2D eigenvalue weighted by molar-refractivity contribution is -0.147. The third-order valence-corrected chi connectivity index (χ3v) is 5.44. The van der Waals surface area contributed by atoms with Crippen molar-refractivity contribution in [3.8, 4) is 0 Å². The molecule has 0 aliphatic carbocycles. The third kappa shape index (κ3) is 5.35. The predicted molar refractivity (Wildman–Crippen MR) is 113 cm³/mol. The second-order valence-electron chi connectivity index (χ2n) is 7.69. The van der Waals surface area contributed by atoms with Crippen LogP contribution in [0.3, 0.4) is 0 Å². The van der Waals surface area contributed by atoms with Gasteiger partial charge in [0.05, 0.1) is 19.7 Å². The van der Waals surface area contributed by atoms with Gasteiger partial charge in [-0.15, -0.1) is 0 Å². The maximum atomic E-state index is 12.0. The van der Waals surface area contributed by atoms with Crippen LogP contribution in [0.4, 0.5) is 0 Å². The summed E-state index contributed by atoms with van der Waals surface area (Å²) in [5, 5.41) is 3.34. The second-order valence-corrected chi connectivity index (χ2v) is 7.69. The number of hydrogen-bond acceptors (Lipinski definition) is 4. The summed E-state index contributed by atoms with van der Waals surface area (Å²) in [6.07, 6.45) is 1.57. The average molecular weight is 401 g/mol. The van der Waals surface area contributed by atoms with E-state index < -0.39 is 0 Å². The van der Waals surface area contributed by atoms with E-state index in [9.17, 15) is 9.59 Å². The molecule has 1 unspecified atom stereocenters. The van der Waals surface area contributed by atoms with Gasteiger partial charge < -0.3 is 15.0 Å². The van der Waals surface area contributed by atoms with E-state index in [1.165, 1.54) is 21.6 Å². The molecule has 7 heteroatoms. The molecule has 1 aromatic carbocycles. The molecule has 2 heterocycles. The van der Waals surface area contributed by atoms with Crippen molar-refractivity contribution in [1.29, 1.82) is 0 Å². The summed E-state index contributed by atoms with van der Waals surface area (Å²) in [6.45, 7) is 9.87. The number of guanidine groups is 1. The average Bonchev–Trinajstić information content (AvgIpc) is 2.69. The van der Waals surface area contributed by atoms with Crippen LogP contribution in [0.25, 0.3) is 0 Å². The molecule has 2 saturated heterocycles. The molecule has 0 radical (unpaired) electrons. The number of carbonyl (C=O) groups is 2. The second kappa shape index (κ2) is 9.87. The molecule has 7 nitrogen and oxygen atoms in total. The number of aryl methyl sites for hydroxylation is 2. The molecule has 2 amide bonds. The number of carbonyl (C=O) groups excluding carboxylic acids is 2. The molecular weight excluding hydrogens is 368 g/mol. The van der Waals surface area contributed by atoms with Crippen LogP contribution in [-0.4, -0.2) is 66.9 Å². The van der Waals surface area contributed by atoms with Crippen molar-refractivity contribution in [3.63, 3.8) is 0 Å². The Balaban J connectivity index is 1.66. The number of hydrogen-bond donors (Lipinski definition) is 1. The number of aliphatic imine (C=N–C) groups is 1. The van der Waals surface area contributed by atoms with Crippen LogP contribution in [0.2, 0.25) is 0 Å². The Bertz CT molecular complexity index is 761. The van der Waals surface area contributed by atoms with Gasteiger partial charge in [-0.05, 0) is 38.3 Å². The minimum absolute atomic E-state index is 0.00143. The van der Waals surface area contributed by atoms with Crippen LogP contribution >= 0.6 is 0 Å². The number of nitrogens with zero attached hydrogens (tertiary/aromatic N) is 3. The zero-order valence-electron chi connectivity index (χ0n) is 17.7. The lowest BCUT2D eigenvalue weighted by Gasteiger charge is -2.36. The highest BCUT2D eigenvalue weighted by Gasteiger charge is 2.27. The number of rotatable bonds is 5. The highest BCUT2D eigenvalue weighted by Crippen LogP contribution is 2.26. The fourth-order valence-corrected chi connectivity index (χ4v) is 3.95. The lowest BCUT2D eigenvalue weighted by Crippen LogP contribution is -2.48. The van der Waals surface area contributed by atoms with Crippen molar-refractivity contribution in [2.45, 2.75) is 46.1 Å². The third-order valence-electron chi connectivity index (χ3n) is 5.44. The van der Waals surface area contributed by atoms with Gasteiger partial charge in [0.2, 0.25) is 11.8 Å². The number of piperidine rings is 1.